The lowest BCUT2D eigenvalue weighted by Crippen LogP contribution is -2.54. The maximum Gasteiger partial charge on any atom is 0.341 e. The van der Waals surface area contributed by atoms with Crippen molar-refractivity contribution in [3.63, 3.8) is 0 Å². The molecule has 4 aromatic rings. The van der Waals surface area contributed by atoms with Gasteiger partial charge in [0.2, 0.25) is 5.43 Å². The third kappa shape index (κ3) is 12.8. The number of aliphatic hydroxyl groups is 2. The van der Waals surface area contributed by atoms with Crippen molar-refractivity contribution in [2.75, 3.05) is 69.4 Å². The molecule has 3 fully saturated rings. The van der Waals surface area contributed by atoms with Gasteiger partial charge in [-0.15, -0.1) is 0 Å². The summed E-state index contributed by atoms with van der Waals surface area (Å²) in [5, 5.41) is 79.1. The summed E-state index contributed by atoms with van der Waals surface area (Å²) in [6.45, 7) is 19.7. The number of nitrogens with two attached hydrogens (primary N) is 1. The number of halogens is 2. The van der Waals surface area contributed by atoms with E-state index in [1.54, 1.807) is 49.8 Å². The number of nitrogens with one attached hydrogen (secondary N) is 2. The molecule has 87 heavy (non-hydrogen) atoms. The number of fused-ring (bicyclic) bond motifs is 15. The molecule has 1 amide bonds. The molecule has 1 aromatic heterocycles. The lowest BCUT2D eigenvalue weighted by Gasteiger charge is -2.38. The van der Waals surface area contributed by atoms with Gasteiger partial charge in [-0.3, -0.25) is 24.2 Å². The van der Waals surface area contributed by atoms with Gasteiger partial charge in [0, 0.05) is 125 Å². The van der Waals surface area contributed by atoms with E-state index in [2.05, 4.69) is 20.6 Å². The summed E-state index contributed by atoms with van der Waals surface area (Å²) < 4.78 is 55.8. The molecule has 0 spiro atoms. The molecule has 6 aliphatic rings. The van der Waals surface area contributed by atoms with Crippen molar-refractivity contribution < 1.29 is 77.5 Å². The fraction of sp³-hybridized carbons (Fsp3) is 0.516. The first kappa shape index (κ1) is 65.1. The van der Waals surface area contributed by atoms with Gasteiger partial charge < -0.3 is 80.3 Å². The zero-order valence-electron chi connectivity index (χ0n) is 51.0. The zero-order valence-corrected chi connectivity index (χ0v) is 51.0. The SMILES string of the molecule is CO[C@H]1/C=C/O[C@@]2(C)Oc3c(C)c(O)c4c(O)c(c(/C=N\N5CCN(C)CC5)c(O)c4c3C2=O)NC(=O)/C(C)=C\C=C\[C@H](C)[C@H](O)[C@@H](C)[C@@H](O)[C@@H](C)[C@H](OC(C)=O)[C@@H]1C.C[C@@H]1CN(c2c(F)c(N)c3c(=O)c(C(=O)O)cn(C4CC4)c3c2F)C[C@H](C)N1. The number of hydrazone groups is 1. The van der Waals surface area contributed by atoms with Crippen LogP contribution in [0.25, 0.3) is 21.7 Å². The van der Waals surface area contributed by atoms with Gasteiger partial charge in [0.05, 0.1) is 69.6 Å². The van der Waals surface area contributed by atoms with Gasteiger partial charge in [-0.2, -0.15) is 5.10 Å². The van der Waals surface area contributed by atoms with Gasteiger partial charge >= 0.3 is 17.7 Å². The second kappa shape index (κ2) is 25.9. The van der Waals surface area contributed by atoms with Crippen LogP contribution in [0.2, 0.25) is 0 Å². The number of rotatable bonds is 7. The van der Waals surface area contributed by atoms with E-state index in [1.165, 1.54) is 64.0 Å². The van der Waals surface area contributed by atoms with Crippen molar-refractivity contribution in [2.45, 2.75) is 130 Å². The number of benzene rings is 3. The van der Waals surface area contributed by atoms with E-state index in [9.17, 15) is 54.6 Å². The number of pyridine rings is 1. The number of hydrogen-bond acceptors (Lipinski definition) is 20. The summed E-state index contributed by atoms with van der Waals surface area (Å²) in [4.78, 5) is 68.3. The summed E-state index contributed by atoms with van der Waals surface area (Å²) >= 11 is 0. The normalized spacial score (nSPS) is 29.0. The standard InChI is InChI=1S/C43H58N4O12.C19H22F2N4O3/c1-21-12-11-13-22(2)42(55)45-33-28(20-44-47-17-15-46(9)16-18-47)37(52)30-31(38(33)53)36(51)26(6)40-32(30)41(54)43(8,59-40)57-19-14-29(56-10)23(3)39(58-27(7)48)25(5)35(50)24(4)34(21)49;1-8-5-24(6-9(2)23-8)17-13(20)15(22)12-16(14(17)21)25(10-3-4-10)7-11(18(12)26)19(27)28/h11-14,19-21,23-25,29,34-35,39,49-53H,15-18H2,1-10H3,(H,45,55);7-10,23H,3-6,22H2,1-2H3,(H,27,28)/b12-11+,19-14+,22-13-,44-20-;/t21-,23+,24+,25+,29-,34-,35+,39+,43-;8-,9+/m0./s1. The Labute approximate surface area is 502 Å². The number of ether oxygens (including phenoxy) is 4. The predicted octanol–water partition coefficient (Wildman–Crippen LogP) is 6.42. The number of phenols is 3. The number of aromatic hydroxyl groups is 3. The van der Waals surface area contributed by atoms with Crippen LogP contribution in [0.3, 0.4) is 0 Å². The zero-order chi connectivity index (χ0) is 64.0. The van der Waals surface area contributed by atoms with Crippen molar-refractivity contribution in [1.82, 2.24) is 19.8 Å². The number of aromatic nitrogens is 1. The number of allylic oxidation sites excluding steroid dienone is 2. The van der Waals surface area contributed by atoms with Gasteiger partial charge in [-0.25, -0.2) is 13.6 Å². The van der Waals surface area contributed by atoms with Gasteiger partial charge in [0.25, 0.3) is 11.7 Å². The fourth-order valence-electron chi connectivity index (χ4n) is 12.1. The molecule has 0 radical (unpaired) electrons. The van der Waals surface area contributed by atoms with Crippen molar-refractivity contribution in [2.24, 2.45) is 28.8 Å². The van der Waals surface area contributed by atoms with Gasteiger partial charge in [0.1, 0.15) is 34.6 Å². The number of phenolic OH excluding ortho intramolecular Hbond substituents is 3. The summed E-state index contributed by atoms with van der Waals surface area (Å²) in [5.74, 6) is -11.7. The quantitative estimate of drug-likeness (QED) is 0.0317. The second-order valence-electron chi connectivity index (χ2n) is 23.9. The highest BCUT2D eigenvalue weighted by atomic mass is 19.1. The van der Waals surface area contributed by atoms with Crippen molar-refractivity contribution in [3.05, 3.63) is 86.4 Å². The Morgan fingerprint density at radius 2 is 1.52 bits per heavy atom. The van der Waals surface area contributed by atoms with E-state index < -0.39 is 128 Å². The minimum absolute atomic E-state index is 0.0134. The Balaban J connectivity index is 0.000000290. The van der Waals surface area contributed by atoms with Gasteiger partial charge in [-0.1, -0.05) is 45.9 Å². The van der Waals surface area contributed by atoms with E-state index in [1.807, 2.05) is 20.9 Å². The number of carbonyl (C=O) groups is 4. The lowest BCUT2D eigenvalue weighted by molar-refractivity contribution is -0.160. The van der Waals surface area contributed by atoms with Gasteiger partial charge in [0.15, 0.2) is 17.4 Å². The molecular formula is C62H80F2N8O15. The highest BCUT2D eigenvalue weighted by Gasteiger charge is 2.50. The van der Waals surface area contributed by atoms with Crippen molar-refractivity contribution >= 4 is 68.6 Å². The number of likely N-dealkylation sites (N-methyl/N-ethyl adjacent to an activating group) is 1. The average Bonchev–Trinajstić information content (AvgIpc) is 1.81. The summed E-state index contributed by atoms with van der Waals surface area (Å²) in [5.41, 5.74) is 3.19. The number of carbonyl (C=O) groups excluding carboxylic acids is 3. The third-order valence-corrected chi connectivity index (χ3v) is 17.3. The fourth-order valence-corrected chi connectivity index (χ4v) is 12.1. The number of esters is 1. The van der Waals surface area contributed by atoms with Crippen molar-refractivity contribution in [1.29, 1.82) is 0 Å². The number of amides is 1. The Kier molecular flexibility index (Phi) is 19.4. The van der Waals surface area contributed by atoms with Crippen molar-refractivity contribution in [3.8, 4) is 23.0 Å². The largest absolute Gasteiger partial charge is 0.507 e. The highest BCUT2D eigenvalue weighted by Crippen LogP contribution is 2.55. The molecule has 6 heterocycles. The number of piperazine rings is 2. The number of ketones is 1. The van der Waals surface area contributed by atoms with E-state index in [0.717, 1.165) is 32.1 Å². The maximum absolute atomic E-state index is 15.6. The number of nitrogens with zero attached hydrogens (tertiary/aromatic N) is 5. The number of anilines is 3. The van der Waals surface area contributed by atoms with Gasteiger partial charge in [-0.05, 0) is 53.7 Å². The van der Waals surface area contributed by atoms with Crippen LogP contribution in [0, 0.1) is 42.2 Å². The first-order valence-electron chi connectivity index (χ1n) is 29.1. The second-order valence-corrected chi connectivity index (χ2v) is 23.9. The number of Topliss-reactive ketones (excluding diaryl/α,β-unsaturated/α-hetero) is 1. The molecule has 23 nitrogen and oxygen atoms in total. The molecule has 5 aliphatic heterocycles. The molecule has 11 atom stereocenters. The van der Waals surface area contributed by atoms with E-state index in [4.69, 9.17) is 24.7 Å². The van der Waals surface area contributed by atoms with Crippen LogP contribution in [0.1, 0.15) is 113 Å². The number of carboxylic acids is 1. The number of aliphatic hydroxyl groups excluding tert-OH is 2. The Morgan fingerprint density at radius 3 is 2.11 bits per heavy atom. The van der Waals surface area contributed by atoms with Crippen LogP contribution >= 0.6 is 0 Å². The van der Waals surface area contributed by atoms with E-state index >= 15 is 8.78 Å². The molecule has 25 heteroatoms. The molecule has 5 bridgehead atoms. The first-order valence-corrected chi connectivity index (χ1v) is 29.1. The van der Waals surface area contributed by atoms with Crippen LogP contribution in [0.5, 0.6) is 23.0 Å². The number of carboxylic acid groups (broad SMARTS) is 1. The topological polar surface area (TPSA) is 321 Å². The summed E-state index contributed by atoms with van der Waals surface area (Å²) in [7, 11) is 3.42. The van der Waals surface area contributed by atoms with Crippen LogP contribution in [0.15, 0.2) is 52.2 Å². The van der Waals surface area contributed by atoms with E-state index in [0.29, 0.717) is 26.2 Å². The number of methoxy groups -OCH3 is 1. The summed E-state index contributed by atoms with van der Waals surface area (Å²) in [6, 6.07) is -0.103. The van der Waals surface area contributed by atoms with Crippen LogP contribution < -0.4 is 31.4 Å². The smallest absolute Gasteiger partial charge is 0.341 e. The molecule has 1 aliphatic carbocycles. The molecular weight excluding hydrogens is 1130 g/mol. The molecule has 10 rings (SSSR count). The molecule has 1 saturated carbocycles. The third-order valence-electron chi connectivity index (χ3n) is 17.3. The highest BCUT2D eigenvalue weighted by molar-refractivity contribution is 6.24. The first-order chi connectivity index (χ1) is 40.9. The lowest BCUT2D eigenvalue weighted by atomic mass is 9.78. The molecule has 10 N–H and O–H groups in total. The Hall–Kier alpha value is -7.84. The number of aromatic carboxylic acids is 1. The predicted molar refractivity (Wildman–Crippen MR) is 323 cm³/mol. The van der Waals surface area contributed by atoms with Crippen LogP contribution in [-0.4, -0.2) is 171 Å². The Morgan fingerprint density at radius 1 is 0.874 bits per heavy atom. The Bertz CT molecular complexity index is 3550. The molecule has 472 valence electrons. The molecule has 2 saturated heterocycles. The summed E-state index contributed by atoms with van der Waals surface area (Å²) in [6.07, 6.45) is 7.47. The van der Waals surface area contributed by atoms with Crippen LogP contribution in [-0.2, 0) is 23.8 Å². The average molecular weight is 1220 g/mol. The number of hydrogen-bond donors (Lipinski definition) is 9. The molecule has 0 unspecified atom stereocenters. The number of nitrogen functional groups attached to an aromatic ring is 1. The monoisotopic (exact) mass is 1210 g/mol. The minimum Gasteiger partial charge on any atom is -0.507 e. The van der Waals surface area contributed by atoms with E-state index in [-0.39, 0.29) is 73.8 Å². The minimum atomic E-state index is -2.04. The molecule has 3 aromatic carbocycles. The van der Waals surface area contributed by atoms with Crippen LogP contribution in [0.4, 0.5) is 25.8 Å². The maximum atomic E-state index is 15.6.